The van der Waals surface area contributed by atoms with Crippen molar-refractivity contribution in [3.8, 4) is 0 Å². The predicted octanol–water partition coefficient (Wildman–Crippen LogP) is 2.46. The molecule has 0 saturated carbocycles. The smallest absolute Gasteiger partial charge is 0.0705 e. The zero-order chi connectivity index (χ0) is 11.5. The molecule has 1 aromatic carbocycles. The van der Waals surface area contributed by atoms with Crippen LogP contribution in [-0.4, -0.2) is 4.98 Å². The quantitative estimate of drug-likeness (QED) is 0.611. The molecule has 0 fully saturated rings. The Hall–Kier alpha value is -1.45. The van der Waals surface area contributed by atoms with Gasteiger partial charge in [-0.15, -0.1) is 0 Å². The Morgan fingerprint density at radius 3 is 2.81 bits per heavy atom. The van der Waals surface area contributed by atoms with E-state index in [2.05, 4.69) is 41.6 Å². The number of hydrogen-bond donors (Lipinski definition) is 2. The highest BCUT2D eigenvalue weighted by Gasteiger charge is 2.07. The van der Waals surface area contributed by atoms with E-state index in [0.29, 0.717) is 0 Å². The van der Waals surface area contributed by atoms with E-state index in [4.69, 9.17) is 5.84 Å². The van der Waals surface area contributed by atoms with Crippen LogP contribution in [0.25, 0.3) is 10.9 Å². The molecule has 3 N–H and O–H groups in total. The molecule has 1 unspecified atom stereocenters. The lowest BCUT2D eigenvalue weighted by molar-refractivity contribution is 0.539. The number of fused-ring (bicyclic) bond motifs is 1. The molecule has 3 heteroatoms. The Bertz CT molecular complexity index is 490. The maximum atomic E-state index is 5.52. The second kappa shape index (κ2) is 4.60. The molecule has 0 saturated heterocycles. The van der Waals surface area contributed by atoms with Gasteiger partial charge < -0.3 is 0 Å². The number of rotatable bonds is 3. The molecule has 1 atom stereocenters. The third-order valence-electron chi connectivity index (χ3n) is 2.86. The molecule has 2 aromatic rings. The fraction of sp³-hybridized carbons (Fsp3) is 0.308. The van der Waals surface area contributed by atoms with E-state index in [0.717, 1.165) is 23.0 Å². The van der Waals surface area contributed by atoms with E-state index in [1.165, 1.54) is 5.56 Å². The van der Waals surface area contributed by atoms with E-state index < -0.39 is 0 Å². The van der Waals surface area contributed by atoms with E-state index in [9.17, 15) is 0 Å². The van der Waals surface area contributed by atoms with Crippen LogP contribution in [0.2, 0.25) is 0 Å². The van der Waals surface area contributed by atoms with Crippen LogP contribution >= 0.6 is 0 Å². The normalized spacial score (nSPS) is 12.9. The topological polar surface area (TPSA) is 50.9 Å². The fourth-order valence-corrected chi connectivity index (χ4v) is 1.91. The molecule has 0 bridgehead atoms. The van der Waals surface area contributed by atoms with E-state index in [-0.39, 0.29) is 6.04 Å². The summed E-state index contributed by atoms with van der Waals surface area (Å²) in [5.74, 6) is 5.52. The molecule has 1 heterocycles. The fourth-order valence-electron chi connectivity index (χ4n) is 1.91. The summed E-state index contributed by atoms with van der Waals surface area (Å²) in [5, 5.41) is 1.16. The molecule has 3 nitrogen and oxygen atoms in total. The lowest BCUT2D eigenvalue weighted by Crippen LogP contribution is -2.27. The first-order chi connectivity index (χ1) is 7.74. The zero-order valence-corrected chi connectivity index (χ0v) is 9.70. The maximum absolute atomic E-state index is 5.52. The first-order valence-electron chi connectivity index (χ1n) is 5.58. The zero-order valence-electron chi connectivity index (χ0n) is 9.70. The number of hydrogen-bond acceptors (Lipinski definition) is 3. The lowest BCUT2D eigenvalue weighted by Gasteiger charge is -2.14. The first-order valence-corrected chi connectivity index (χ1v) is 5.58. The summed E-state index contributed by atoms with van der Waals surface area (Å²) < 4.78 is 0. The van der Waals surface area contributed by atoms with E-state index >= 15 is 0 Å². The minimum atomic E-state index is 0.214. The van der Waals surface area contributed by atoms with Crippen LogP contribution in [0.3, 0.4) is 0 Å². The second-order valence-electron chi connectivity index (χ2n) is 4.03. The Labute approximate surface area is 95.7 Å². The highest BCUT2D eigenvalue weighted by atomic mass is 15.2. The molecule has 0 aliphatic rings. The second-order valence-corrected chi connectivity index (χ2v) is 4.03. The number of aromatic nitrogens is 1. The van der Waals surface area contributed by atoms with Crippen molar-refractivity contribution in [3.63, 3.8) is 0 Å². The highest BCUT2D eigenvalue weighted by molar-refractivity contribution is 5.79. The van der Waals surface area contributed by atoms with Crippen LogP contribution in [0.4, 0.5) is 0 Å². The number of aryl methyl sites for hydroxylation is 1. The third kappa shape index (κ3) is 2.05. The van der Waals surface area contributed by atoms with Crippen LogP contribution in [0.5, 0.6) is 0 Å². The number of nitrogens with two attached hydrogens (primary N) is 1. The van der Waals surface area contributed by atoms with Crippen LogP contribution in [0.1, 0.15) is 30.6 Å². The summed E-state index contributed by atoms with van der Waals surface area (Å²) >= 11 is 0. The Kier molecular flexibility index (Phi) is 3.17. The largest absolute Gasteiger partial charge is 0.271 e. The predicted molar refractivity (Wildman–Crippen MR) is 66.8 cm³/mol. The van der Waals surface area contributed by atoms with Crippen LogP contribution < -0.4 is 11.3 Å². The molecule has 1 aromatic heterocycles. The molecule has 84 valence electrons. The van der Waals surface area contributed by atoms with Gasteiger partial charge in [0.25, 0.3) is 0 Å². The summed E-state index contributed by atoms with van der Waals surface area (Å²) in [5.41, 5.74) is 6.12. The van der Waals surface area contributed by atoms with Crippen molar-refractivity contribution in [2.24, 2.45) is 5.84 Å². The molecular weight excluding hydrogens is 198 g/mol. The minimum Gasteiger partial charge on any atom is -0.271 e. The van der Waals surface area contributed by atoms with Gasteiger partial charge in [-0.05, 0) is 37.1 Å². The van der Waals surface area contributed by atoms with E-state index in [1.54, 1.807) is 0 Å². The van der Waals surface area contributed by atoms with Gasteiger partial charge in [0.1, 0.15) is 0 Å². The van der Waals surface area contributed by atoms with Crippen LogP contribution in [0.15, 0.2) is 30.3 Å². The number of pyridine rings is 1. The number of hydrazine groups is 1. The Morgan fingerprint density at radius 2 is 2.12 bits per heavy atom. The van der Waals surface area contributed by atoms with Crippen LogP contribution in [-0.2, 0) is 0 Å². The van der Waals surface area contributed by atoms with Gasteiger partial charge in [0.2, 0.25) is 0 Å². The third-order valence-corrected chi connectivity index (χ3v) is 2.86. The van der Waals surface area contributed by atoms with Gasteiger partial charge in [-0.2, -0.15) is 0 Å². The Morgan fingerprint density at radius 1 is 1.31 bits per heavy atom. The minimum absolute atomic E-state index is 0.214. The number of benzene rings is 1. The van der Waals surface area contributed by atoms with Crippen molar-refractivity contribution in [1.82, 2.24) is 10.4 Å². The van der Waals surface area contributed by atoms with Gasteiger partial charge in [0.15, 0.2) is 0 Å². The summed E-state index contributed by atoms with van der Waals surface area (Å²) in [4.78, 5) is 4.48. The van der Waals surface area contributed by atoms with Crippen molar-refractivity contribution >= 4 is 10.9 Å². The van der Waals surface area contributed by atoms with Gasteiger partial charge in [-0.25, -0.2) is 0 Å². The first kappa shape index (κ1) is 11.0. The molecule has 0 spiro atoms. The molecular formula is C13H17N3. The molecule has 16 heavy (non-hydrogen) atoms. The maximum Gasteiger partial charge on any atom is 0.0705 e. The monoisotopic (exact) mass is 215 g/mol. The summed E-state index contributed by atoms with van der Waals surface area (Å²) in [6.45, 7) is 4.12. The molecule has 0 amide bonds. The SMILES string of the molecule is CCC(NN)c1ccc2nc(C)ccc2c1. The van der Waals surface area contributed by atoms with Gasteiger partial charge in [-0.3, -0.25) is 16.3 Å². The van der Waals surface area contributed by atoms with Crippen molar-refractivity contribution in [2.45, 2.75) is 26.3 Å². The summed E-state index contributed by atoms with van der Waals surface area (Å²) in [6, 6.07) is 10.6. The molecule has 0 aliphatic heterocycles. The number of nitrogens with zero attached hydrogens (tertiary/aromatic N) is 1. The molecule has 0 aliphatic carbocycles. The summed E-state index contributed by atoms with van der Waals surface area (Å²) in [7, 11) is 0. The Balaban J connectivity index is 2.47. The van der Waals surface area contributed by atoms with Crippen molar-refractivity contribution in [2.75, 3.05) is 0 Å². The lowest BCUT2D eigenvalue weighted by atomic mass is 10.0. The highest BCUT2D eigenvalue weighted by Crippen LogP contribution is 2.21. The average molecular weight is 215 g/mol. The van der Waals surface area contributed by atoms with Gasteiger partial charge in [0, 0.05) is 17.1 Å². The van der Waals surface area contributed by atoms with Crippen molar-refractivity contribution in [3.05, 3.63) is 41.6 Å². The van der Waals surface area contributed by atoms with E-state index in [1.807, 2.05) is 13.0 Å². The van der Waals surface area contributed by atoms with Crippen molar-refractivity contribution < 1.29 is 0 Å². The van der Waals surface area contributed by atoms with Gasteiger partial charge >= 0.3 is 0 Å². The van der Waals surface area contributed by atoms with Crippen molar-refractivity contribution in [1.29, 1.82) is 0 Å². The van der Waals surface area contributed by atoms with Gasteiger partial charge in [0.05, 0.1) is 5.52 Å². The number of nitrogens with one attached hydrogen (secondary N) is 1. The molecule has 2 rings (SSSR count). The molecule has 0 radical (unpaired) electrons. The van der Waals surface area contributed by atoms with Crippen LogP contribution in [0, 0.1) is 6.92 Å². The average Bonchev–Trinajstić information content (AvgIpc) is 2.31. The standard InChI is InChI=1S/C13H17N3/c1-3-12(16-14)10-6-7-13-11(8-10)5-4-9(2)15-13/h4-8,12,16H,3,14H2,1-2H3. The van der Waals surface area contributed by atoms with Gasteiger partial charge in [-0.1, -0.05) is 19.1 Å². The summed E-state index contributed by atoms with van der Waals surface area (Å²) in [6.07, 6.45) is 0.974.